The van der Waals surface area contributed by atoms with Crippen molar-refractivity contribution in [2.24, 2.45) is 0 Å². The molecule has 0 fully saturated rings. The van der Waals surface area contributed by atoms with Gasteiger partial charge in [0, 0.05) is 40.7 Å². The summed E-state index contributed by atoms with van der Waals surface area (Å²) in [6.45, 7) is 0. The standard InChI is InChI=1S/C54H33NS2/c1-3-13-34(14-4-1)37-25-29-49-45(31-37)46-32-38(26-30-50(46)56-49)39-24-27-47-51(33-39)57-54-40-18-8-7-15-35(40)23-28-48(54)55(47)53-43-21-11-9-19-41(43)52(36-16-5-2-6-17-36)42-20-10-12-22-44(42)53/h1-33H. The van der Waals surface area contributed by atoms with Crippen molar-refractivity contribution < 1.29 is 0 Å². The SMILES string of the molecule is c1ccc(-c2ccc3sc4ccc(-c5ccc6c(c5)Sc5c(ccc7ccccc57)N6c5c6ccccc6c(-c6ccccc6)c6ccccc56)cc4c3c2)cc1. The Balaban J connectivity index is 1.09. The van der Waals surface area contributed by atoms with Gasteiger partial charge in [0.15, 0.2) is 0 Å². The molecule has 0 unspecified atom stereocenters. The quantitative estimate of drug-likeness (QED) is 0.164. The van der Waals surface area contributed by atoms with Gasteiger partial charge in [-0.3, -0.25) is 0 Å². The molecule has 0 saturated carbocycles. The van der Waals surface area contributed by atoms with Crippen LogP contribution in [0.5, 0.6) is 0 Å². The summed E-state index contributed by atoms with van der Waals surface area (Å²) in [7, 11) is 0. The van der Waals surface area contributed by atoms with E-state index in [1.807, 2.05) is 23.1 Å². The van der Waals surface area contributed by atoms with Crippen LogP contribution in [-0.2, 0) is 0 Å². The Kier molecular flexibility index (Phi) is 7.41. The van der Waals surface area contributed by atoms with Gasteiger partial charge in [-0.2, -0.15) is 0 Å². The van der Waals surface area contributed by atoms with Crippen LogP contribution in [0.25, 0.3) is 85.9 Å². The van der Waals surface area contributed by atoms with Crippen LogP contribution < -0.4 is 4.90 Å². The molecule has 0 spiro atoms. The molecule has 0 aliphatic carbocycles. The zero-order chi connectivity index (χ0) is 37.5. The summed E-state index contributed by atoms with van der Waals surface area (Å²) in [5.41, 5.74) is 11.1. The first-order chi connectivity index (χ1) is 28.3. The lowest BCUT2D eigenvalue weighted by molar-refractivity contribution is 1.19. The Morgan fingerprint density at radius 2 is 0.842 bits per heavy atom. The number of hydrogen-bond acceptors (Lipinski definition) is 3. The van der Waals surface area contributed by atoms with Crippen molar-refractivity contribution in [2.75, 3.05) is 4.90 Å². The van der Waals surface area contributed by atoms with Gasteiger partial charge >= 0.3 is 0 Å². The second kappa shape index (κ2) is 13.0. The fraction of sp³-hybridized carbons (Fsp3) is 0. The van der Waals surface area contributed by atoms with Gasteiger partial charge in [-0.15, -0.1) is 11.3 Å². The van der Waals surface area contributed by atoms with E-state index in [0.29, 0.717) is 0 Å². The molecule has 0 N–H and O–H groups in total. The molecular weight excluding hydrogens is 727 g/mol. The predicted molar refractivity (Wildman–Crippen MR) is 247 cm³/mol. The molecule has 10 aromatic carbocycles. The van der Waals surface area contributed by atoms with Gasteiger partial charge in [0.2, 0.25) is 0 Å². The maximum Gasteiger partial charge on any atom is 0.0619 e. The van der Waals surface area contributed by atoms with Crippen LogP contribution in [-0.4, -0.2) is 0 Å². The van der Waals surface area contributed by atoms with Crippen LogP contribution in [0.15, 0.2) is 210 Å². The van der Waals surface area contributed by atoms with Crippen molar-refractivity contribution >= 4 is 92.7 Å². The molecule has 3 heteroatoms. The second-order valence-corrected chi connectivity index (χ2v) is 17.0. The fourth-order valence-corrected chi connectivity index (χ4v) is 11.3. The molecule has 12 rings (SSSR count). The Hall–Kier alpha value is -6.65. The second-order valence-electron chi connectivity index (χ2n) is 14.8. The van der Waals surface area contributed by atoms with Crippen LogP contribution in [0.4, 0.5) is 17.1 Å². The third-order valence-corrected chi connectivity index (χ3v) is 13.9. The van der Waals surface area contributed by atoms with E-state index in [1.165, 1.54) is 113 Å². The predicted octanol–water partition coefficient (Wildman–Crippen LogP) is 16.4. The molecule has 0 amide bonds. The summed E-state index contributed by atoms with van der Waals surface area (Å²) in [5.74, 6) is 0. The van der Waals surface area contributed by atoms with Crippen LogP contribution >= 0.6 is 23.1 Å². The maximum absolute atomic E-state index is 2.55. The van der Waals surface area contributed by atoms with Crippen LogP contribution in [0.3, 0.4) is 0 Å². The molecule has 0 radical (unpaired) electrons. The minimum Gasteiger partial charge on any atom is -0.307 e. The smallest absolute Gasteiger partial charge is 0.0619 e. The molecule has 57 heavy (non-hydrogen) atoms. The van der Waals surface area contributed by atoms with Gasteiger partial charge in [-0.25, -0.2) is 0 Å². The van der Waals surface area contributed by atoms with E-state index in [9.17, 15) is 0 Å². The maximum atomic E-state index is 2.55. The first-order valence-corrected chi connectivity index (χ1v) is 21.0. The van der Waals surface area contributed by atoms with Crippen molar-refractivity contribution in [1.29, 1.82) is 0 Å². The highest BCUT2D eigenvalue weighted by Crippen LogP contribution is 2.57. The van der Waals surface area contributed by atoms with E-state index in [4.69, 9.17) is 0 Å². The summed E-state index contributed by atoms with van der Waals surface area (Å²) in [5, 5.41) is 10.1. The minimum absolute atomic E-state index is 1.20. The van der Waals surface area contributed by atoms with E-state index >= 15 is 0 Å². The molecule has 1 aliphatic heterocycles. The highest BCUT2D eigenvalue weighted by atomic mass is 32.2. The van der Waals surface area contributed by atoms with E-state index in [2.05, 4.69) is 205 Å². The van der Waals surface area contributed by atoms with Crippen molar-refractivity contribution in [3.05, 3.63) is 200 Å². The third kappa shape index (κ3) is 5.17. The molecule has 2 heterocycles. The van der Waals surface area contributed by atoms with Gasteiger partial charge in [-0.1, -0.05) is 169 Å². The van der Waals surface area contributed by atoms with Crippen LogP contribution in [0, 0.1) is 0 Å². The van der Waals surface area contributed by atoms with E-state index < -0.39 is 0 Å². The highest BCUT2D eigenvalue weighted by molar-refractivity contribution is 8.00. The lowest BCUT2D eigenvalue weighted by Gasteiger charge is -2.36. The normalized spacial score (nSPS) is 12.5. The van der Waals surface area contributed by atoms with E-state index in [1.54, 1.807) is 0 Å². The molecule has 1 nitrogen and oxygen atoms in total. The number of rotatable bonds is 4. The van der Waals surface area contributed by atoms with Gasteiger partial charge in [0.05, 0.1) is 17.1 Å². The van der Waals surface area contributed by atoms with Crippen molar-refractivity contribution in [3.63, 3.8) is 0 Å². The summed E-state index contributed by atoms with van der Waals surface area (Å²) < 4.78 is 2.63. The molecule has 0 saturated heterocycles. The van der Waals surface area contributed by atoms with Crippen LogP contribution in [0.2, 0.25) is 0 Å². The van der Waals surface area contributed by atoms with Crippen molar-refractivity contribution in [1.82, 2.24) is 0 Å². The molecule has 11 aromatic rings. The molecule has 0 atom stereocenters. The average molecular weight is 760 g/mol. The van der Waals surface area contributed by atoms with Crippen molar-refractivity contribution in [2.45, 2.75) is 9.79 Å². The van der Waals surface area contributed by atoms with Gasteiger partial charge in [-0.05, 0) is 97.4 Å². The lowest BCUT2D eigenvalue weighted by Crippen LogP contribution is -2.16. The Labute approximate surface area is 339 Å². The fourth-order valence-electron chi connectivity index (χ4n) is 8.98. The van der Waals surface area contributed by atoms with Gasteiger partial charge in [0.1, 0.15) is 0 Å². The minimum atomic E-state index is 1.20. The Morgan fingerprint density at radius 1 is 0.333 bits per heavy atom. The summed E-state index contributed by atoms with van der Waals surface area (Å²) in [4.78, 5) is 5.08. The lowest BCUT2D eigenvalue weighted by atomic mass is 9.89. The summed E-state index contributed by atoms with van der Waals surface area (Å²) in [6, 6.07) is 74.0. The summed E-state index contributed by atoms with van der Waals surface area (Å²) >= 11 is 3.77. The first kappa shape index (κ1) is 32.6. The largest absolute Gasteiger partial charge is 0.307 e. The number of benzene rings is 10. The average Bonchev–Trinajstić information content (AvgIpc) is 3.65. The topological polar surface area (TPSA) is 3.24 Å². The molecule has 1 aromatic heterocycles. The number of nitrogens with zero attached hydrogens (tertiary/aromatic N) is 1. The highest BCUT2D eigenvalue weighted by Gasteiger charge is 2.30. The first-order valence-electron chi connectivity index (χ1n) is 19.4. The Morgan fingerprint density at radius 3 is 1.51 bits per heavy atom. The molecule has 1 aliphatic rings. The monoisotopic (exact) mass is 759 g/mol. The zero-order valence-electron chi connectivity index (χ0n) is 30.8. The van der Waals surface area contributed by atoms with Gasteiger partial charge in [0.25, 0.3) is 0 Å². The molecule has 266 valence electrons. The van der Waals surface area contributed by atoms with Gasteiger partial charge < -0.3 is 4.90 Å². The van der Waals surface area contributed by atoms with E-state index in [0.717, 1.165) is 0 Å². The number of fused-ring (bicyclic) bond motifs is 9. The molecule has 0 bridgehead atoms. The van der Waals surface area contributed by atoms with Crippen LogP contribution in [0.1, 0.15) is 0 Å². The summed E-state index contributed by atoms with van der Waals surface area (Å²) in [6.07, 6.45) is 0. The number of hydrogen-bond donors (Lipinski definition) is 0. The van der Waals surface area contributed by atoms with E-state index in [-0.39, 0.29) is 0 Å². The number of anilines is 3. The van der Waals surface area contributed by atoms with Crippen molar-refractivity contribution in [3.8, 4) is 33.4 Å². The Bertz CT molecular complexity index is 3330. The zero-order valence-corrected chi connectivity index (χ0v) is 32.4. The number of thiophene rings is 1. The molecular formula is C54H33NS2. The third-order valence-electron chi connectivity index (χ3n) is 11.6.